The number of hydrogen-bond donors (Lipinski definition) is 1. The van der Waals surface area contributed by atoms with Gasteiger partial charge in [-0.1, -0.05) is 60.1 Å². The van der Waals surface area contributed by atoms with Crippen molar-refractivity contribution in [3.63, 3.8) is 0 Å². The molecule has 0 spiro atoms. The molecular weight excluding hydrogens is 582 g/mol. The number of carbonyl (C=O) groups is 2. The van der Waals surface area contributed by atoms with Crippen LogP contribution in [0.15, 0.2) is 112 Å². The Balaban J connectivity index is 1.22. The van der Waals surface area contributed by atoms with Crippen molar-refractivity contribution in [2.75, 3.05) is 7.11 Å². The van der Waals surface area contributed by atoms with Crippen LogP contribution in [0.3, 0.4) is 0 Å². The van der Waals surface area contributed by atoms with Gasteiger partial charge in [-0.25, -0.2) is 9.59 Å². The van der Waals surface area contributed by atoms with Gasteiger partial charge in [0.25, 0.3) is 5.91 Å². The third kappa shape index (κ3) is 7.53. The molecule has 222 valence electrons. The quantitative estimate of drug-likeness (QED) is 0.0776. The van der Waals surface area contributed by atoms with Crippen LogP contribution in [-0.2, 0) is 11.4 Å². The van der Waals surface area contributed by atoms with Crippen LogP contribution < -0.4 is 25.2 Å². The number of benzene rings is 4. The Morgan fingerprint density at radius 2 is 1.70 bits per heavy atom. The van der Waals surface area contributed by atoms with Crippen LogP contribution in [0.4, 0.5) is 0 Å². The maximum atomic E-state index is 12.8. The summed E-state index contributed by atoms with van der Waals surface area (Å²) in [5.41, 5.74) is 1.81. The van der Waals surface area contributed by atoms with Crippen LogP contribution in [0.5, 0.6) is 17.2 Å². The molecule has 1 aromatic heterocycles. The van der Waals surface area contributed by atoms with E-state index in [-0.39, 0.29) is 22.9 Å². The lowest BCUT2D eigenvalue weighted by atomic mass is 10.1. The molecule has 0 bridgehead atoms. The second kappa shape index (κ2) is 13.8. The Bertz CT molecular complexity index is 1880. The maximum absolute atomic E-state index is 12.8. The first-order valence-corrected chi connectivity index (χ1v) is 14.1. The summed E-state index contributed by atoms with van der Waals surface area (Å²) in [4.78, 5) is 37.9. The zero-order valence-electron chi connectivity index (χ0n) is 23.9. The van der Waals surface area contributed by atoms with E-state index < -0.39 is 17.5 Å². The minimum absolute atomic E-state index is 0.121. The number of carbonyl (C=O) groups excluding carboxylic acids is 2. The van der Waals surface area contributed by atoms with Gasteiger partial charge in [-0.3, -0.25) is 4.79 Å². The number of esters is 1. The zero-order chi connectivity index (χ0) is 31.1. The van der Waals surface area contributed by atoms with Gasteiger partial charge >= 0.3 is 11.6 Å². The van der Waals surface area contributed by atoms with Gasteiger partial charge in [-0.15, -0.1) is 0 Å². The highest BCUT2D eigenvalue weighted by molar-refractivity contribution is 6.30. The fraction of sp³-hybridized carbons (Fsp3) is 0.114. The molecule has 1 atom stereocenters. The first-order chi connectivity index (χ1) is 21.3. The highest BCUT2D eigenvalue weighted by Gasteiger charge is 2.17. The van der Waals surface area contributed by atoms with E-state index >= 15 is 0 Å². The molecule has 8 nitrogen and oxygen atoms in total. The van der Waals surface area contributed by atoms with E-state index in [1.165, 1.54) is 25.3 Å². The van der Waals surface area contributed by atoms with Crippen molar-refractivity contribution < 1.29 is 28.2 Å². The number of methoxy groups -OCH3 is 1. The van der Waals surface area contributed by atoms with Crippen LogP contribution in [0.25, 0.3) is 17.0 Å². The van der Waals surface area contributed by atoms with Crippen LogP contribution in [0, 0.1) is 0 Å². The SMILES string of the molecule is COc1cc(/C=C/C(=O)Oc2ccc3cc(C(=O)NC(C)c4ccccc4)c(=O)oc3c2)ccc1OCc1ccc(Cl)cc1. The fourth-order valence-corrected chi connectivity index (χ4v) is 4.50. The Hall–Kier alpha value is -5.34. The Morgan fingerprint density at radius 3 is 2.45 bits per heavy atom. The van der Waals surface area contributed by atoms with E-state index in [1.54, 1.807) is 48.5 Å². The van der Waals surface area contributed by atoms with Crippen molar-refractivity contribution in [2.24, 2.45) is 0 Å². The number of rotatable bonds is 10. The monoisotopic (exact) mass is 609 g/mol. The van der Waals surface area contributed by atoms with Gasteiger partial charge in [0, 0.05) is 22.6 Å². The van der Waals surface area contributed by atoms with E-state index in [0.717, 1.165) is 11.1 Å². The average Bonchev–Trinajstić information content (AvgIpc) is 3.03. The molecule has 0 saturated heterocycles. The van der Waals surface area contributed by atoms with Crippen LogP contribution in [0.2, 0.25) is 5.02 Å². The lowest BCUT2D eigenvalue weighted by Gasteiger charge is -2.14. The summed E-state index contributed by atoms with van der Waals surface area (Å²) in [5.74, 6) is 0.0385. The lowest BCUT2D eigenvalue weighted by molar-refractivity contribution is -0.128. The first kappa shape index (κ1) is 30.1. The van der Waals surface area contributed by atoms with Gasteiger partial charge in [0.05, 0.1) is 13.2 Å². The molecule has 0 aliphatic heterocycles. The van der Waals surface area contributed by atoms with Crippen LogP contribution in [-0.4, -0.2) is 19.0 Å². The normalized spacial score (nSPS) is 11.7. The molecule has 5 aromatic rings. The number of nitrogens with one attached hydrogen (secondary N) is 1. The summed E-state index contributed by atoms with van der Waals surface area (Å²) in [6.45, 7) is 2.16. The lowest BCUT2D eigenvalue weighted by Crippen LogP contribution is -2.30. The van der Waals surface area contributed by atoms with E-state index in [0.29, 0.717) is 34.1 Å². The van der Waals surface area contributed by atoms with Gasteiger partial charge in [0.15, 0.2) is 11.5 Å². The molecule has 1 N–H and O–H groups in total. The molecule has 0 saturated carbocycles. The van der Waals surface area contributed by atoms with Crippen molar-refractivity contribution in [3.05, 3.63) is 141 Å². The zero-order valence-corrected chi connectivity index (χ0v) is 24.7. The molecule has 0 aliphatic carbocycles. The van der Waals surface area contributed by atoms with Crippen LogP contribution in [0.1, 0.15) is 40.0 Å². The Kier molecular flexibility index (Phi) is 9.42. The van der Waals surface area contributed by atoms with Gasteiger partial charge in [0.2, 0.25) is 0 Å². The first-order valence-electron chi connectivity index (χ1n) is 13.7. The molecule has 4 aromatic carbocycles. The van der Waals surface area contributed by atoms with Crippen molar-refractivity contribution in [2.45, 2.75) is 19.6 Å². The summed E-state index contributed by atoms with van der Waals surface area (Å²) in [6, 6.07) is 27.8. The number of ether oxygens (including phenoxy) is 3. The molecular formula is C35H28ClNO7. The number of fused-ring (bicyclic) bond motifs is 1. The smallest absolute Gasteiger partial charge is 0.349 e. The molecule has 1 heterocycles. The Morgan fingerprint density at radius 1 is 0.932 bits per heavy atom. The second-order valence-corrected chi connectivity index (χ2v) is 10.3. The summed E-state index contributed by atoms with van der Waals surface area (Å²) in [7, 11) is 1.53. The van der Waals surface area contributed by atoms with E-state index in [9.17, 15) is 14.4 Å². The van der Waals surface area contributed by atoms with Crippen molar-refractivity contribution in [3.8, 4) is 17.2 Å². The summed E-state index contributed by atoms with van der Waals surface area (Å²) >= 11 is 5.93. The van der Waals surface area contributed by atoms with Crippen LogP contribution >= 0.6 is 11.6 Å². The van der Waals surface area contributed by atoms with Gasteiger partial charge in [0.1, 0.15) is 23.5 Å². The van der Waals surface area contributed by atoms with Crippen molar-refractivity contribution >= 4 is 40.5 Å². The standard InChI is InChI=1S/C35H28ClNO7/c1-22(25-6-4-3-5-7-25)37-34(39)29-19-26-12-15-28(20-31(26)44-35(29)40)43-33(38)17-11-23-10-16-30(32(18-23)41-2)42-21-24-8-13-27(36)14-9-24/h3-20,22H,21H2,1-2H3,(H,37,39)/b17-11+. The molecule has 0 aliphatic rings. The summed E-state index contributed by atoms with van der Waals surface area (Å²) in [6.07, 6.45) is 2.85. The Labute approximate surface area is 258 Å². The molecule has 5 rings (SSSR count). The minimum Gasteiger partial charge on any atom is -0.493 e. The maximum Gasteiger partial charge on any atom is 0.349 e. The van der Waals surface area contributed by atoms with Gasteiger partial charge in [-0.2, -0.15) is 0 Å². The van der Waals surface area contributed by atoms with E-state index in [1.807, 2.05) is 49.4 Å². The highest BCUT2D eigenvalue weighted by Crippen LogP contribution is 2.29. The van der Waals surface area contributed by atoms with Crippen molar-refractivity contribution in [1.29, 1.82) is 0 Å². The highest BCUT2D eigenvalue weighted by atomic mass is 35.5. The third-order valence-corrected chi connectivity index (χ3v) is 6.98. The van der Waals surface area contributed by atoms with E-state index in [2.05, 4.69) is 5.32 Å². The molecule has 0 radical (unpaired) electrons. The number of amides is 1. The fourth-order valence-electron chi connectivity index (χ4n) is 4.38. The predicted octanol–water partition coefficient (Wildman–Crippen LogP) is 7.14. The summed E-state index contributed by atoms with van der Waals surface area (Å²) in [5, 5.41) is 3.97. The molecule has 1 unspecified atom stereocenters. The molecule has 0 fully saturated rings. The average molecular weight is 610 g/mol. The summed E-state index contributed by atoms with van der Waals surface area (Å²) < 4.78 is 22.1. The molecule has 1 amide bonds. The van der Waals surface area contributed by atoms with E-state index in [4.69, 9.17) is 30.2 Å². The van der Waals surface area contributed by atoms with Gasteiger partial charge in [-0.05, 0) is 72.2 Å². The third-order valence-electron chi connectivity index (χ3n) is 6.72. The number of hydrogen-bond acceptors (Lipinski definition) is 7. The largest absolute Gasteiger partial charge is 0.493 e. The molecule has 9 heteroatoms. The second-order valence-electron chi connectivity index (χ2n) is 9.83. The predicted molar refractivity (Wildman–Crippen MR) is 168 cm³/mol. The number of halogens is 1. The van der Waals surface area contributed by atoms with Crippen molar-refractivity contribution in [1.82, 2.24) is 5.32 Å². The molecule has 44 heavy (non-hydrogen) atoms. The van der Waals surface area contributed by atoms with Gasteiger partial charge < -0.3 is 23.9 Å². The minimum atomic E-state index is -0.798. The topological polar surface area (TPSA) is 104 Å².